The molecule has 112 valence electrons. The molecule has 0 aromatic heterocycles. The van der Waals surface area contributed by atoms with Gasteiger partial charge >= 0.3 is 0 Å². The summed E-state index contributed by atoms with van der Waals surface area (Å²) in [6.07, 6.45) is 1.90. The minimum absolute atomic E-state index is 0.00805. The highest BCUT2D eigenvalue weighted by Gasteiger charge is 2.36. The maximum Gasteiger partial charge on any atom is 0.238 e. The smallest absolute Gasteiger partial charge is 0.238 e. The lowest BCUT2D eigenvalue weighted by molar-refractivity contribution is -0.118. The molecule has 1 unspecified atom stereocenters. The van der Waals surface area contributed by atoms with E-state index in [0.29, 0.717) is 11.3 Å². The van der Waals surface area contributed by atoms with Gasteiger partial charge in [0.2, 0.25) is 5.91 Å². The highest BCUT2D eigenvalue weighted by Crippen LogP contribution is 2.26. The van der Waals surface area contributed by atoms with Crippen LogP contribution in [0.1, 0.15) is 32.3 Å². The van der Waals surface area contributed by atoms with E-state index in [4.69, 9.17) is 5.26 Å². The van der Waals surface area contributed by atoms with Gasteiger partial charge in [-0.05, 0) is 51.4 Å². The number of hydrogen-bond acceptors (Lipinski definition) is 4. The topological polar surface area (TPSA) is 76.4 Å². The summed E-state index contributed by atoms with van der Waals surface area (Å²) in [6, 6.07) is 8.90. The van der Waals surface area contributed by atoms with E-state index in [1.54, 1.807) is 38.1 Å². The highest BCUT2D eigenvalue weighted by atomic mass is 16.3. The van der Waals surface area contributed by atoms with Crippen LogP contribution in [0.4, 0.5) is 5.69 Å². The third-order valence-electron chi connectivity index (χ3n) is 3.80. The quantitative estimate of drug-likeness (QED) is 0.884. The fourth-order valence-corrected chi connectivity index (χ4v) is 2.87. The first-order valence-electron chi connectivity index (χ1n) is 7.16. The van der Waals surface area contributed by atoms with Crippen LogP contribution >= 0.6 is 0 Å². The zero-order chi connectivity index (χ0) is 15.5. The number of nitrogens with zero attached hydrogens (tertiary/aromatic N) is 2. The highest BCUT2D eigenvalue weighted by molar-refractivity contribution is 5.92. The van der Waals surface area contributed by atoms with Crippen molar-refractivity contribution in [2.24, 2.45) is 0 Å². The minimum Gasteiger partial charge on any atom is -0.389 e. The predicted octanol–water partition coefficient (Wildman–Crippen LogP) is 1.73. The van der Waals surface area contributed by atoms with E-state index in [9.17, 15) is 9.90 Å². The molecule has 2 N–H and O–H groups in total. The second-order valence-electron chi connectivity index (χ2n) is 6.02. The van der Waals surface area contributed by atoms with E-state index in [0.717, 1.165) is 19.4 Å². The Morgan fingerprint density at radius 3 is 3.00 bits per heavy atom. The molecule has 1 amide bonds. The van der Waals surface area contributed by atoms with Crippen molar-refractivity contribution < 1.29 is 9.90 Å². The number of carbonyl (C=O) groups is 1. The standard InChI is InChI=1S/C16H21N3O2/c1-16(2,21)14-7-4-8-19(14)11-15(20)18-13-6-3-5-12(9-13)10-17/h3,5-6,9,14,21H,4,7-8,11H2,1-2H3,(H,18,20). The van der Waals surface area contributed by atoms with Crippen molar-refractivity contribution in [2.45, 2.75) is 38.3 Å². The van der Waals surface area contributed by atoms with E-state index < -0.39 is 5.60 Å². The summed E-state index contributed by atoms with van der Waals surface area (Å²) in [4.78, 5) is 14.1. The van der Waals surface area contributed by atoms with Gasteiger partial charge in [-0.15, -0.1) is 0 Å². The summed E-state index contributed by atoms with van der Waals surface area (Å²) in [5.74, 6) is -0.124. The molecule has 5 heteroatoms. The third kappa shape index (κ3) is 4.03. The van der Waals surface area contributed by atoms with Crippen LogP contribution in [0.25, 0.3) is 0 Å². The first-order valence-corrected chi connectivity index (χ1v) is 7.16. The van der Waals surface area contributed by atoms with E-state index >= 15 is 0 Å². The molecule has 1 atom stereocenters. The van der Waals surface area contributed by atoms with E-state index in [2.05, 4.69) is 5.32 Å². The van der Waals surface area contributed by atoms with Crippen molar-refractivity contribution in [3.05, 3.63) is 29.8 Å². The number of hydrogen-bond donors (Lipinski definition) is 2. The Morgan fingerprint density at radius 2 is 2.33 bits per heavy atom. The van der Waals surface area contributed by atoms with Crippen molar-refractivity contribution in [2.75, 3.05) is 18.4 Å². The van der Waals surface area contributed by atoms with Crippen molar-refractivity contribution in [1.82, 2.24) is 4.90 Å². The summed E-state index contributed by atoms with van der Waals surface area (Å²) < 4.78 is 0. The molecule has 1 aliphatic heterocycles. The lowest BCUT2D eigenvalue weighted by Crippen LogP contribution is -2.48. The van der Waals surface area contributed by atoms with Gasteiger partial charge in [-0.3, -0.25) is 9.69 Å². The summed E-state index contributed by atoms with van der Waals surface area (Å²) in [5.41, 5.74) is 0.332. The van der Waals surface area contributed by atoms with Crippen molar-refractivity contribution in [3.8, 4) is 6.07 Å². The van der Waals surface area contributed by atoms with Gasteiger partial charge in [-0.1, -0.05) is 6.07 Å². The van der Waals surface area contributed by atoms with Gasteiger partial charge in [0.1, 0.15) is 0 Å². The SMILES string of the molecule is CC(C)(O)C1CCCN1CC(=O)Nc1cccc(C#N)c1. The third-order valence-corrected chi connectivity index (χ3v) is 3.80. The molecule has 1 fully saturated rings. The molecule has 0 radical (unpaired) electrons. The molecule has 2 rings (SSSR count). The van der Waals surface area contributed by atoms with Gasteiger partial charge < -0.3 is 10.4 Å². The van der Waals surface area contributed by atoms with E-state index in [1.807, 2.05) is 11.0 Å². The molecular formula is C16H21N3O2. The second-order valence-corrected chi connectivity index (χ2v) is 6.02. The average molecular weight is 287 g/mol. The molecule has 0 spiro atoms. The van der Waals surface area contributed by atoms with Crippen LogP contribution in [0.2, 0.25) is 0 Å². The maximum atomic E-state index is 12.1. The first kappa shape index (κ1) is 15.5. The Kier molecular flexibility index (Phi) is 4.61. The van der Waals surface area contributed by atoms with Gasteiger partial charge in [0.05, 0.1) is 23.8 Å². The molecule has 1 aromatic rings. The largest absolute Gasteiger partial charge is 0.389 e. The molecule has 0 saturated carbocycles. The number of carbonyl (C=O) groups excluding carboxylic acids is 1. The van der Waals surface area contributed by atoms with Crippen molar-refractivity contribution in [1.29, 1.82) is 5.26 Å². The lowest BCUT2D eigenvalue weighted by Gasteiger charge is -2.33. The zero-order valence-corrected chi connectivity index (χ0v) is 12.5. The average Bonchev–Trinajstić information content (AvgIpc) is 2.86. The van der Waals surface area contributed by atoms with Crippen LogP contribution in [-0.2, 0) is 4.79 Å². The Morgan fingerprint density at radius 1 is 1.57 bits per heavy atom. The monoisotopic (exact) mass is 287 g/mol. The number of nitrogens with one attached hydrogen (secondary N) is 1. The summed E-state index contributed by atoms with van der Waals surface area (Å²) in [6.45, 7) is 4.64. The molecule has 1 heterocycles. The van der Waals surface area contributed by atoms with Gasteiger partial charge in [0.25, 0.3) is 0 Å². The fraction of sp³-hybridized carbons (Fsp3) is 0.500. The lowest BCUT2D eigenvalue weighted by atomic mass is 9.97. The number of likely N-dealkylation sites (tertiary alicyclic amines) is 1. The molecule has 21 heavy (non-hydrogen) atoms. The summed E-state index contributed by atoms with van der Waals surface area (Å²) in [5, 5.41) is 21.8. The van der Waals surface area contributed by atoms with Crippen LogP contribution in [0.15, 0.2) is 24.3 Å². The van der Waals surface area contributed by atoms with Gasteiger partial charge in [0.15, 0.2) is 0 Å². The predicted molar refractivity (Wildman–Crippen MR) is 80.7 cm³/mol. The number of aliphatic hydroxyl groups is 1. The Bertz CT molecular complexity index is 557. The molecule has 1 aliphatic rings. The van der Waals surface area contributed by atoms with Gasteiger partial charge in [0, 0.05) is 11.7 Å². The Balaban J connectivity index is 1.97. The van der Waals surface area contributed by atoms with Crippen LogP contribution in [0.3, 0.4) is 0 Å². The van der Waals surface area contributed by atoms with E-state index in [1.165, 1.54) is 0 Å². The fourth-order valence-electron chi connectivity index (χ4n) is 2.87. The number of amides is 1. The molecule has 5 nitrogen and oxygen atoms in total. The molecule has 1 aromatic carbocycles. The van der Waals surface area contributed by atoms with Crippen LogP contribution in [0.5, 0.6) is 0 Å². The van der Waals surface area contributed by atoms with Gasteiger partial charge in [-0.25, -0.2) is 0 Å². The Labute approximate surface area is 125 Å². The maximum absolute atomic E-state index is 12.1. The van der Waals surface area contributed by atoms with Crippen LogP contribution in [0, 0.1) is 11.3 Å². The molecule has 1 saturated heterocycles. The zero-order valence-electron chi connectivity index (χ0n) is 12.5. The number of nitriles is 1. The summed E-state index contributed by atoms with van der Waals surface area (Å²) in [7, 11) is 0. The van der Waals surface area contributed by atoms with Crippen molar-refractivity contribution >= 4 is 11.6 Å². The van der Waals surface area contributed by atoms with E-state index in [-0.39, 0.29) is 18.5 Å². The van der Waals surface area contributed by atoms with Crippen molar-refractivity contribution in [3.63, 3.8) is 0 Å². The summed E-state index contributed by atoms with van der Waals surface area (Å²) >= 11 is 0. The van der Waals surface area contributed by atoms with Gasteiger partial charge in [-0.2, -0.15) is 5.26 Å². The van der Waals surface area contributed by atoms with Crippen LogP contribution in [-0.4, -0.2) is 40.6 Å². The normalized spacial score (nSPS) is 19.2. The molecule has 0 aliphatic carbocycles. The first-order chi connectivity index (χ1) is 9.90. The second kappa shape index (κ2) is 6.25. The van der Waals surface area contributed by atoms with Crippen LogP contribution < -0.4 is 5.32 Å². The minimum atomic E-state index is -0.808. The number of rotatable bonds is 4. The Hall–Kier alpha value is -1.90. The number of benzene rings is 1. The molecule has 0 bridgehead atoms. The number of anilines is 1. The molecular weight excluding hydrogens is 266 g/mol.